The van der Waals surface area contributed by atoms with Crippen LogP contribution in [0.3, 0.4) is 0 Å². The van der Waals surface area contributed by atoms with Gasteiger partial charge >= 0.3 is 0 Å². The maximum atomic E-state index is 11.6. The van der Waals surface area contributed by atoms with E-state index in [4.69, 9.17) is 9.47 Å². The molecule has 1 N–H and O–H groups in total. The van der Waals surface area contributed by atoms with E-state index >= 15 is 0 Å². The Kier molecular flexibility index (Phi) is 6.45. The van der Waals surface area contributed by atoms with Gasteiger partial charge in [-0.2, -0.15) is 0 Å². The highest BCUT2D eigenvalue weighted by Gasteiger charge is 2.03. The van der Waals surface area contributed by atoms with Crippen LogP contribution in [0.25, 0.3) is 0 Å². The third-order valence-corrected chi connectivity index (χ3v) is 3.39. The number of carbonyl (C=O) groups is 1. The predicted octanol–water partition coefficient (Wildman–Crippen LogP) is 2.57. The second-order valence-corrected chi connectivity index (χ2v) is 5.73. The van der Waals surface area contributed by atoms with Gasteiger partial charge in [0, 0.05) is 0 Å². The first-order chi connectivity index (χ1) is 10.6. The largest absolute Gasteiger partial charge is 0.492 e. The van der Waals surface area contributed by atoms with Gasteiger partial charge in [0.25, 0.3) is 5.91 Å². The number of pyridine rings is 1. The van der Waals surface area contributed by atoms with E-state index in [1.54, 1.807) is 12.3 Å². The summed E-state index contributed by atoms with van der Waals surface area (Å²) in [6.07, 6.45) is 1.59. The van der Waals surface area contributed by atoms with Gasteiger partial charge in [-0.15, -0.1) is 0 Å². The predicted molar refractivity (Wildman–Crippen MR) is 92.1 cm³/mol. The highest BCUT2D eigenvalue weighted by molar-refractivity contribution is 14.1. The molecule has 0 atom stereocenters. The Morgan fingerprint density at radius 1 is 1.23 bits per heavy atom. The number of aromatic nitrogens is 1. The minimum absolute atomic E-state index is 0.0350. The summed E-state index contributed by atoms with van der Waals surface area (Å²) in [6, 6.07) is 11.4. The van der Waals surface area contributed by atoms with Crippen LogP contribution in [0.2, 0.25) is 0 Å². The molecule has 0 aliphatic carbocycles. The number of rotatable bonds is 7. The Morgan fingerprint density at radius 2 is 2.09 bits per heavy atom. The molecule has 6 heteroatoms. The van der Waals surface area contributed by atoms with Crippen molar-refractivity contribution in [3.8, 4) is 11.5 Å². The summed E-state index contributed by atoms with van der Waals surface area (Å²) in [6.45, 7) is 2.82. The number of benzene rings is 1. The van der Waals surface area contributed by atoms with Crippen LogP contribution in [0.1, 0.15) is 5.56 Å². The van der Waals surface area contributed by atoms with Crippen molar-refractivity contribution in [1.29, 1.82) is 0 Å². The quantitative estimate of drug-likeness (QED) is 0.432. The Balaban J connectivity index is 1.62. The van der Waals surface area contributed by atoms with Crippen LogP contribution in [0.4, 0.5) is 0 Å². The fraction of sp³-hybridized carbons (Fsp3) is 0.250. The fourth-order valence-electron chi connectivity index (χ4n) is 1.71. The van der Waals surface area contributed by atoms with Gasteiger partial charge < -0.3 is 14.8 Å². The first-order valence-electron chi connectivity index (χ1n) is 6.84. The minimum atomic E-state index is -0.189. The van der Waals surface area contributed by atoms with E-state index in [0.29, 0.717) is 18.9 Å². The van der Waals surface area contributed by atoms with Crippen molar-refractivity contribution in [1.82, 2.24) is 10.3 Å². The lowest BCUT2D eigenvalue weighted by Gasteiger charge is -2.09. The highest BCUT2D eigenvalue weighted by atomic mass is 127. The fourth-order valence-corrected chi connectivity index (χ4v) is 2.03. The first-order valence-corrected chi connectivity index (χ1v) is 7.92. The molecule has 0 fully saturated rings. The molecule has 0 aliphatic heterocycles. The number of carbonyl (C=O) groups excluding carboxylic acids is 1. The molecule has 0 aliphatic rings. The summed E-state index contributed by atoms with van der Waals surface area (Å²) >= 11 is 2.11. The number of nitrogens with zero attached hydrogens (tertiary/aromatic N) is 1. The van der Waals surface area contributed by atoms with Gasteiger partial charge in [-0.1, -0.05) is 12.1 Å². The van der Waals surface area contributed by atoms with Crippen molar-refractivity contribution in [2.45, 2.75) is 6.92 Å². The molecule has 0 unspecified atom stereocenters. The molecule has 0 saturated heterocycles. The third kappa shape index (κ3) is 5.88. The third-order valence-electron chi connectivity index (χ3n) is 2.75. The normalized spacial score (nSPS) is 10.1. The second kappa shape index (κ2) is 8.57. The summed E-state index contributed by atoms with van der Waals surface area (Å²) in [5.74, 6) is 1.19. The van der Waals surface area contributed by atoms with Crippen LogP contribution in [0.15, 0.2) is 42.6 Å². The van der Waals surface area contributed by atoms with Crippen LogP contribution < -0.4 is 14.8 Å². The highest BCUT2D eigenvalue weighted by Crippen LogP contribution is 2.12. The summed E-state index contributed by atoms with van der Waals surface area (Å²) in [7, 11) is 0. The number of hydrogen-bond donors (Lipinski definition) is 1. The Labute approximate surface area is 143 Å². The topological polar surface area (TPSA) is 60.5 Å². The van der Waals surface area contributed by atoms with E-state index in [-0.39, 0.29) is 12.5 Å². The molecule has 0 bridgehead atoms. The maximum absolute atomic E-state index is 11.6. The van der Waals surface area contributed by atoms with Gasteiger partial charge in [0.2, 0.25) is 0 Å². The van der Waals surface area contributed by atoms with Crippen molar-refractivity contribution in [2.24, 2.45) is 0 Å². The van der Waals surface area contributed by atoms with Crippen LogP contribution in [0.5, 0.6) is 11.5 Å². The zero-order valence-electron chi connectivity index (χ0n) is 12.2. The van der Waals surface area contributed by atoms with Crippen LogP contribution in [-0.4, -0.2) is 30.6 Å². The average molecular weight is 412 g/mol. The van der Waals surface area contributed by atoms with Crippen LogP contribution in [0, 0.1) is 10.6 Å². The van der Waals surface area contributed by atoms with Gasteiger partial charge in [-0.25, -0.2) is 4.98 Å². The molecule has 22 heavy (non-hydrogen) atoms. The Bertz CT molecular complexity index is 617. The number of ether oxygens (including phenoxy) is 2. The standard InChI is InChI=1S/C16H17IN2O3/c1-12-3-2-4-13(9-12)21-8-7-18-16(20)11-22-14-5-6-15(17)19-10-14/h2-6,9-10H,7-8,11H2,1H3,(H,18,20). The van der Waals surface area contributed by atoms with Gasteiger partial charge in [-0.05, 0) is 59.3 Å². The van der Waals surface area contributed by atoms with E-state index in [0.717, 1.165) is 15.0 Å². The Hall–Kier alpha value is -1.83. The average Bonchev–Trinajstić information content (AvgIpc) is 2.51. The molecule has 5 nitrogen and oxygen atoms in total. The van der Waals surface area contributed by atoms with Crippen molar-refractivity contribution < 1.29 is 14.3 Å². The van der Waals surface area contributed by atoms with E-state index in [2.05, 4.69) is 32.9 Å². The molecule has 2 aromatic rings. The number of hydrogen-bond acceptors (Lipinski definition) is 4. The molecule has 116 valence electrons. The summed E-state index contributed by atoms with van der Waals surface area (Å²) in [5.41, 5.74) is 1.14. The monoisotopic (exact) mass is 412 g/mol. The van der Waals surface area contributed by atoms with Crippen LogP contribution in [-0.2, 0) is 4.79 Å². The molecule has 1 heterocycles. The molecule has 1 aromatic carbocycles. The zero-order chi connectivity index (χ0) is 15.8. The van der Waals surface area contributed by atoms with E-state index in [1.165, 1.54) is 0 Å². The number of nitrogens with one attached hydrogen (secondary N) is 1. The van der Waals surface area contributed by atoms with E-state index in [1.807, 2.05) is 37.3 Å². The van der Waals surface area contributed by atoms with E-state index < -0.39 is 0 Å². The summed E-state index contributed by atoms with van der Waals surface area (Å²) < 4.78 is 11.8. The zero-order valence-corrected chi connectivity index (χ0v) is 14.4. The van der Waals surface area contributed by atoms with Gasteiger partial charge in [-0.3, -0.25) is 4.79 Å². The van der Waals surface area contributed by atoms with Crippen molar-refractivity contribution in [2.75, 3.05) is 19.8 Å². The first kappa shape index (κ1) is 16.5. The van der Waals surface area contributed by atoms with Gasteiger partial charge in [0.15, 0.2) is 6.61 Å². The lowest BCUT2D eigenvalue weighted by atomic mass is 10.2. The van der Waals surface area contributed by atoms with Crippen molar-refractivity contribution in [3.05, 3.63) is 51.9 Å². The molecular formula is C16H17IN2O3. The summed E-state index contributed by atoms with van der Waals surface area (Å²) in [4.78, 5) is 15.7. The number of amides is 1. The van der Waals surface area contributed by atoms with Crippen molar-refractivity contribution >= 4 is 28.5 Å². The molecule has 0 radical (unpaired) electrons. The van der Waals surface area contributed by atoms with E-state index in [9.17, 15) is 4.79 Å². The molecule has 2 rings (SSSR count). The maximum Gasteiger partial charge on any atom is 0.258 e. The molecule has 0 saturated carbocycles. The number of halogens is 1. The SMILES string of the molecule is Cc1cccc(OCCNC(=O)COc2ccc(I)nc2)c1. The molecule has 1 aromatic heterocycles. The number of aryl methyl sites for hydroxylation is 1. The van der Waals surface area contributed by atoms with Crippen LogP contribution >= 0.6 is 22.6 Å². The second-order valence-electron chi connectivity index (χ2n) is 4.62. The van der Waals surface area contributed by atoms with Gasteiger partial charge in [0.1, 0.15) is 21.8 Å². The Morgan fingerprint density at radius 3 is 2.82 bits per heavy atom. The van der Waals surface area contributed by atoms with Gasteiger partial charge in [0.05, 0.1) is 12.7 Å². The summed E-state index contributed by atoms with van der Waals surface area (Å²) in [5, 5.41) is 2.74. The smallest absolute Gasteiger partial charge is 0.258 e. The minimum Gasteiger partial charge on any atom is -0.492 e. The van der Waals surface area contributed by atoms with Crippen molar-refractivity contribution in [3.63, 3.8) is 0 Å². The molecular weight excluding hydrogens is 395 g/mol. The lowest BCUT2D eigenvalue weighted by Crippen LogP contribution is -2.32. The lowest BCUT2D eigenvalue weighted by molar-refractivity contribution is -0.123. The molecule has 1 amide bonds. The molecule has 0 spiro atoms.